The number of rotatable bonds is 4. The van der Waals surface area contributed by atoms with E-state index >= 15 is 0 Å². The Labute approximate surface area is 165 Å². The maximum atomic E-state index is 12.4. The summed E-state index contributed by atoms with van der Waals surface area (Å²) in [6, 6.07) is 15.9. The minimum atomic E-state index is -0.330. The number of carbonyl (C=O) groups is 1. The zero-order valence-corrected chi connectivity index (χ0v) is 15.5. The Morgan fingerprint density at radius 3 is 2.68 bits per heavy atom. The fraction of sp³-hybridized carbons (Fsp3) is 0.0500. The number of nitrogens with one attached hydrogen (secondary N) is 1. The van der Waals surface area contributed by atoms with E-state index in [1.54, 1.807) is 54.7 Å². The number of pyridine rings is 2. The number of aryl methyl sites for hydroxylation is 1. The molecule has 0 aliphatic heterocycles. The Bertz CT molecular complexity index is 1120. The van der Waals surface area contributed by atoms with Crippen LogP contribution in [0.3, 0.4) is 0 Å². The fourth-order valence-corrected chi connectivity index (χ4v) is 2.90. The number of hydrogen-bond donors (Lipinski definition) is 1. The van der Waals surface area contributed by atoms with Crippen molar-refractivity contribution in [1.29, 1.82) is 0 Å². The third kappa shape index (κ3) is 3.74. The number of carbonyl (C=O) groups excluding carboxylic acids is 1. The molecule has 3 aromatic heterocycles. The summed E-state index contributed by atoms with van der Waals surface area (Å²) in [4.78, 5) is 25.1. The predicted molar refractivity (Wildman–Crippen MR) is 105 cm³/mol. The first kappa shape index (κ1) is 17.8. The van der Waals surface area contributed by atoms with Gasteiger partial charge in [0.1, 0.15) is 16.5 Å². The molecule has 4 aromatic rings. The average molecular weight is 392 g/mol. The van der Waals surface area contributed by atoms with E-state index < -0.39 is 0 Å². The molecule has 28 heavy (non-hydrogen) atoms. The molecular formula is C20H14ClN5O2. The molecule has 0 aliphatic rings. The molecule has 3 heterocycles. The van der Waals surface area contributed by atoms with Crippen molar-refractivity contribution in [1.82, 2.24) is 20.1 Å². The molecule has 4 rings (SSSR count). The van der Waals surface area contributed by atoms with Crippen molar-refractivity contribution < 1.29 is 9.32 Å². The summed E-state index contributed by atoms with van der Waals surface area (Å²) < 4.78 is 5.35. The summed E-state index contributed by atoms with van der Waals surface area (Å²) in [6.45, 7) is 1.90. The summed E-state index contributed by atoms with van der Waals surface area (Å²) in [5, 5.41) is 7.20. The number of para-hydroxylation sites is 1. The van der Waals surface area contributed by atoms with Crippen molar-refractivity contribution in [3.63, 3.8) is 0 Å². The lowest BCUT2D eigenvalue weighted by molar-refractivity contribution is 0.102. The van der Waals surface area contributed by atoms with Crippen molar-refractivity contribution >= 4 is 23.2 Å². The molecule has 0 atom stereocenters. The molecule has 0 spiro atoms. The Hall–Kier alpha value is -3.58. The van der Waals surface area contributed by atoms with Gasteiger partial charge >= 0.3 is 0 Å². The molecule has 0 saturated carbocycles. The van der Waals surface area contributed by atoms with Crippen molar-refractivity contribution in [2.45, 2.75) is 6.92 Å². The number of anilines is 1. The summed E-state index contributed by atoms with van der Waals surface area (Å²) in [6.07, 6.45) is 1.56. The van der Waals surface area contributed by atoms with E-state index in [4.69, 9.17) is 16.1 Å². The van der Waals surface area contributed by atoms with Crippen LogP contribution in [0, 0.1) is 6.92 Å². The lowest BCUT2D eigenvalue weighted by atomic mass is 10.1. The van der Waals surface area contributed by atoms with Gasteiger partial charge in [0, 0.05) is 11.8 Å². The number of halogens is 1. The zero-order chi connectivity index (χ0) is 19.5. The fourth-order valence-electron chi connectivity index (χ4n) is 2.64. The molecule has 7 nitrogen and oxygen atoms in total. The zero-order valence-electron chi connectivity index (χ0n) is 14.8. The second kappa shape index (κ2) is 7.58. The molecule has 8 heteroatoms. The van der Waals surface area contributed by atoms with Gasteiger partial charge in [-0.1, -0.05) is 35.0 Å². The van der Waals surface area contributed by atoms with E-state index in [0.29, 0.717) is 33.6 Å². The highest BCUT2D eigenvalue weighted by molar-refractivity contribution is 6.29. The minimum absolute atomic E-state index is 0.242. The smallest absolute Gasteiger partial charge is 0.276 e. The van der Waals surface area contributed by atoms with Crippen LogP contribution >= 0.6 is 11.6 Å². The van der Waals surface area contributed by atoms with Crippen molar-refractivity contribution in [2.24, 2.45) is 0 Å². The lowest BCUT2D eigenvalue weighted by Crippen LogP contribution is -2.14. The van der Waals surface area contributed by atoms with Crippen LogP contribution in [0.2, 0.25) is 5.15 Å². The summed E-state index contributed by atoms with van der Waals surface area (Å²) >= 11 is 6.01. The van der Waals surface area contributed by atoms with Crippen LogP contribution in [-0.4, -0.2) is 26.0 Å². The molecule has 0 bridgehead atoms. The summed E-state index contributed by atoms with van der Waals surface area (Å²) in [5.74, 6) is 0.238. The number of aromatic nitrogens is 4. The van der Waals surface area contributed by atoms with E-state index in [1.165, 1.54) is 0 Å². The quantitative estimate of drug-likeness (QED) is 0.518. The topological polar surface area (TPSA) is 93.8 Å². The van der Waals surface area contributed by atoms with Gasteiger partial charge in [0.2, 0.25) is 5.82 Å². The van der Waals surface area contributed by atoms with E-state index in [2.05, 4.69) is 25.4 Å². The Morgan fingerprint density at radius 1 is 1.07 bits per heavy atom. The van der Waals surface area contributed by atoms with Crippen molar-refractivity contribution in [2.75, 3.05) is 5.32 Å². The molecule has 1 N–H and O–H groups in total. The molecule has 0 unspecified atom stereocenters. The number of amides is 1. The molecule has 138 valence electrons. The first-order valence-corrected chi connectivity index (χ1v) is 8.78. The van der Waals surface area contributed by atoms with Crippen LogP contribution in [-0.2, 0) is 0 Å². The van der Waals surface area contributed by atoms with Crippen molar-refractivity contribution in [3.05, 3.63) is 77.2 Å². The first-order chi connectivity index (χ1) is 13.6. The SMILES string of the molecule is Cc1cc(Cl)nc(-c2nc(-c3ccccc3NC(=O)c3ccccn3)no2)c1. The molecule has 1 amide bonds. The molecule has 0 fully saturated rings. The average Bonchev–Trinajstić information content (AvgIpc) is 3.18. The van der Waals surface area contributed by atoms with Gasteiger partial charge in [-0.15, -0.1) is 0 Å². The van der Waals surface area contributed by atoms with E-state index in [0.717, 1.165) is 5.56 Å². The summed E-state index contributed by atoms with van der Waals surface area (Å²) in [7, 11) is 0. The maximum Gasteiger partial charge on any atom is 0.276 e. The second-order valence-corrected chi connectivity index (χ2v) is 6.38. The van der Waals surface area contributed by atoms with Gasteiger partial charge in [-0.3, -0.25) is 9.78 Å². The van der Waals surface area contributed by atoms with E-state index in [-0.39, 0.29) is 11.8 Å². The third-order valence-corrected chi connectivity index (χ3v) is 4.09. The van der Waals surface area contributed by atoms with Gasteiger partial charge < -0.3 is 9.84 Å². The van der Waals surface area contributed by atoms with Crippen LogP contribution in [0.4, 0.5) is 5.69 Å². The molecule has 0 saturated heterocycles. The highest BCUT2D eigenvalue weighted by atomic mass is 35.5. The first-order valence-electron chi connectivity index (χ1n) is 8.40. The Balaban J connectivity index is 1.66. The standard InChI is InChI=1S/C20H14ClN5O2/c1-12-10-16(23-17(21)11-12)20-25-18(26-28-20)13-6-2-3-7-14(13)24-19(27)15-8-4-5-9-22-15/h2-11H,1H3,(H,24,27). The van der Waals surface area contributed by atoms with Gasteiger partial charge in [0.05, 0.1) is 5.69 Å². The normalized spacial score (nSPS) is 10.6. The molecule has 0 aliphatic carbocycles. The highest BCUT2D eigenvalue weighted by Crippen LogP contribution is 2.28. The molecule has 0 radical (unpaired) electrons. The lowest BCUT2D eigenvalue weighted by Gasteiger charge is -2.08. The Kier molecular flexibility index (Phi) is 4.82. The van der Waals surface area contributed by atoms with Crippen LogP contribution in [0.15, 0.2) is 65.3 Å². The second-order valence-electron chi connectivity index (χ2n) is 5.99. The van der Waals surface area contributed by atoms with Gasteiger partial charge in [-0.2, -0.15) is 4.98 Å². The molecule has 1 aromatic carbocycles. The van der Waals surface area contributed by atoms with E-state index in [9.17, 15) is 4.79 Å². The number of benzene rings is 1. The van der Waals surface area contributed by atoms with Gasteiger partial charge in [-0.25, -0.2) is 4.98 Å². The number of nitrogens with zero attached hydrogens (tertiary/aromatic N) is 4. The third-order valence-electron chi connectivity index (χ3n) is 3.90. The van der Waals surface area contributed by atoms with Crippen molar-refractivity contribution in [3.8, 4) is 23.0 Å². The van der Waals surface area contributed by atoms with Crippen LogP contribution in [0.25, 0.3) is 23.0 Å². The molecular weight excluding hydrogens is 378 g/mol. The van der Waals surface area contributed by atoms with Crippen LogP contribution < -0.4 is 5.32 Å². The van der Waals surface area contributed by atoms with Gasteiger partial charge in [0.25, 0.3) is 11.8 Å². The Morgan fingerprint density at radius 2 is 1.89 bits per heavy atom. The van der Waals surface area contributed by atoms with E-state index in [1.807, 2.05) is 13.0 Å². The highest BCUT2D eigenvalue weighted by Gasteiger charge is 2.17. The predicted octanol–water partition coefficient (Wildman–Crippen LogP) is 4.41. The summed E-state index contributed by atoms with van der Waals surface area (Å²) in [5.41, 5.74) is 2.88. The number of hydrogen-bond acceptors (Lipinski definition) is 6. The monoisotopic (exact) mass is 391 g/mol. The maximum absolute atomic E-state index is 12.4. The van der Waals surface area contributed by atoms with Crippen LogP contribution in [0.5, 0.6) is 0 Å². The van der Waals surface area contributed by atoms with Gasteiger partial charge in [-0.05, 0) is 48.9 Å². The minimum Gasteiger partial charge on any atom is -0.332 e. The largest absolute Gasteiger partial charge is 0.332 e. The van der Waals surface area contributed by atoms with Crippen LogP contribution in [0.1, 0.15) is 16.1 Å². The van der Waals surface area contributed by atoms with Gasteiger partial charge in [0.15, 0.2) is 0 Å².